The van der Waals surface area contributed by atoms with Gasteiger partial charge in [0.25, 0.3) is 0 Å². The van der Waals surface area contributed by atoms with Crippen molar-refractivity contribution in [3.8, 4) is 0 Å². The van der Waals surface area contributed by atoms with Gasteiger partial charge >= 0.3 is 0 Å². The van der Waals surface area contributed by atoms with E-state index in [1.165, 1.54) is 18.4 Å². The average Bonchev–Trinajstić information content (AvgIpc) is 2.63. The molecule has 0 aromatic heterocycles. The first-order chi connectivity index (χ1) is 8.69. The lowest BCUT2D eigenvalue weighted by Crippen LogP contribution is -2.34. The Bertz CT molecular complexity index is 373. The second-order valence-electron chi connectivity index (χ2n) is 5.19. The van der Waals surface area contributed by atoms with Crippen LogP contribution < -0.4 is 5.32 Å². The highest BCUT2D eigenvalue weighted by Gasteiger charge is 2.30. The number of benzene rings is 1. The summed E-state index contributed by atoms with van der Waals surface area (Å²) in [4.78, 5) is 0. The molecular formula is C15H22BrNO. The van der Waals surface area contributed by atoms with Gasteiger partial charge in [0.15, 0.2) is 0 Å². The normalized spacial score (nSPS) is 23.6. The fraction of sp³-hybridized carbons (Fsp3) is 0.600. The van der Waals surface area contributed by atoms with E-state index < -0.39 is 0 Å². The van der Waals surface area contributed by atoms with Gasteiger partial charge in [0.05, 0.1) is 12.7 Å². The fourth-order valence-corrected chi connectivity index (χ4v) is 2.72. The van der Waals surface area contributed by atoms with E-state index in [4.69, 9.17) is 4.74 Å². The third kappa shape index (κ3) is 3.14. The predicted octanol–water partition coefficient (Wildman–Crippen LogP) is 3.92. The summed E-state index contributed by atoms with van der Waals surface area (Å²) in [6, 6.07) is 8.44. The topological polar surface area (TPSA) is 21.3 Å². The first-order valence-electron chi connectivity index (χ1n) is 6.77. The van der Waals surface area contributed by atoms with E-state index in [0.29, 0.717) is 5.41 Å². The summed E-state index contributed by atoms with van der Waals surface area (Å²) in [6.07, 6.45) is 2.52. The highest BCUT2D eigenvalue weighted by molar-refractivity contribution is 9.10. The molecule has 0 bridgehead atoms. The molecule has 0 saturated carbocycles. The lowest BCUT2D eigenvalue weighted by molar-refractivity contribution is 0.0103. The van der Waals surface area contributed by atoms with E-state index >= 15 is 0 Å². The van der Waals surface area contributed by atoms with E-state index in [2.05, 4.69) is 59.4 Å². The molecule has 1 aliphatic rings. The summed E-state index contributed by atoms with van der Waals surface area (Å²) in [5.41, 5.74) is 1.57. The monoisotopic (exact) mass is 311 g/mol. The molecule has 1 aromatic rings. The Morgan fingerprint density at radius 2 is 1.94 bits per heavy atom. The maximum atomic E-state index is 6.15. The Morgan fingerprint density at radius 3 is 2.56 bits per heavy atom. The Morgan fingerprint density at radius 1 is 1.28 bits per heavy atom. The van der Waals surface area contributed by atoms with Crippen LogP contribution in [0.25, 0.3) is 0 Å². The Kier molecular flexibility index (Phi) is 4.82. The number of ether oxygens (including phenoxy) is 1. The highest BCUT2D eigenvalue weighted by Crippen LogP contribution is 2.31. The summed E-state index contributed by atoms with van der Waals surface area (Å²) >= 11 is 3.47. The minimum atomic E-state index is 0.179. The second kappa shape index (κ2) is 6.18. The van der Waals surface area contributed by atoms with Crippen LogP contribution in [-0.2, 0) is 4.74 Å². The maximum Gasteiger partial charge on any atom is 0.0949 e. The van der Waals surface area contributed by atoms with Crippen molar-refractivity contribution in [2.45, 2.75) is 32.8 Å². The molecule has 1 N–H and O–H groups in total. The van der Waals surface area contributed by atoms with Crippen molar-refractivity contribution in [3.63, 3.8) is 0 Å². The van der Waals surface area contributed by atoms with Crippen molar-refractivity contribution in [2.75, 3.05) is 19.7 Å². The summed E-state index contributed by atoms with van der Waals surface area (Å²) in [7, 11) is 0. The molecule has 1 heterocycles. The highest BCUT2D eigenvalue weighted by atomic mass is 79.9. The molecule has 3 heteroatoms. The zero-order valence-corrected chi connectivity index (χ0v) is 12.8. The van der Waals surface area contributed by atoms with Crippen molar-refractivity contribution in [1.82, 2.24) is 5.32 Å². The standard InChI is InChI=1S/C15H22BrNO/c1-3-15(4-2)10-17-9-14(18-11-15)12-5-7-13(16)8-6-12/h5-8,14,17H,3-4,9-11H2,1-2H3. The number of hydrogen-bond donors (Lipinski definition) is 1. The van der Waals surface area contributed by atoms with Gasteiger partial charge in [-0.2, -0.15) is 0 Å². The van der Waals surface area contributed by atoms with Crippen LogP contribution in [0.15, 0.2) is 28.7 Å². The SMILES string of the molecule is CCC1(CC)CNCC(c2ccc(Br)cc2)OC1. The van der Waals surface area contributed by atoms with Gasteiger partial charge < -0.3 is 10.1 Å². The van der Waals surface area contributed by atoms with Crippen LogP contribution in [0.5, 0.6) is 0 Å². The summed E-state index contributed by atoms with van der Waals surface area (Å²) < 4.78 is 7.26. The lowest BCUT2D eigenvalue weighted by Gasteiger charge is -2.29. The minimum absolute atomic E-state index is 0.179. The van der Waals surface area contributed by atoms with Gasteiger partial charge in [-0.05, 0) is 30.5 Å². The van der Waals surface area contributed by atoms with Gasteiger partial charge in [-0.25, -0.2) is 0 Å². The second-order valence-corrected chi connectivity index (χ2v) is 6.10. The molecule has 1 aromatic carbocycles. The Hall–Kier alpha value is -0.380. The van der Waals surface area contributed by atoms with Gasteiger partial charge in [-0.15, -0.1) is 0 Å². The molecule has 1 fully saturated rings. The minimum Gasteiger partial charge on any atom is -0.372 e. The van der Waals surface area contributed by atoms with Crippen LogP contribution in [0, 0.1) is 5.41 Å². The number of hydrogen-bond acceptors (Lipinski definition) is 2. The van der Waals surface area contributed by atoms with E-state index in [1.807, 2.05) is 0 Å². The first-order valence-corrected chi connectivity index (χ1v) is 7.56. The van der Waals surface area contributed by atoms with Crippen LogP contribution in [-0.4, -0.2) is 19.7 Å². The molecule has 1 unspecified atom stereocenters. The maximum absolute atomic E-state index is 6.15. The smallest absolute Gasteiger partial charge is 0.0949 e. The van der Waals surface area contributed by atoms with Gasteiger partial charge in [0.2, 0.25) is 0 Å². The third-order valence-corrected chi connectivity index (χ3v) is 4.69. The molecule has 18 heavy (non-hydrogen) atoms. The van der Waals surface area contributed by atoms with Crippen molar-refractivity contribution in [1.29, 1.82) is 0 Å². The molecule has 2 rings (SSSR count). The van der Waals surface area contributed by atoms with Crippen LogP contribution in [0.4, 0.5) is 0 Å². The average molecular weight is 312 g/mol. The molecule has 0 aliphatic carbocycles. The molecule has 100 valence electrons. The quantitative estimate of drug-likeness (QED) is 0.913. The van der Waals surface area contributed by atoms with Crippen LogP contribution in [0.3, 0.4) is 0 Å². The van der Waals surface area contributed by atoms with Crippen LogP contribution >= 0.6 is 15.9 Å². The predicted molar refractivity (Wildman–Crippen MR) is 78.7 cm³/mol. The van der Waals surface area contributed by atoms with Crippen molar-refractivity contribution >= 4 is 15.9 Å². The molecule has 0 amide bonds. The molecule has 0 radical (unpaired) electrons. The van der Waals surface area contributed by atoms with Crippen LogP contribution in [0.1, 0.15) is 38.4 Å². The molecule has 2 nitrogen and oxygen atoms in total. The lowest BCUT2D eigenvalue weighted by atomic mass is 9.83. The van der Waals surface area contributed by atoms with Crippen molar-refractivity contribution in [2.24, 2.45) is 5.41 Å². The summed E-state index contributed by atoms with van der Waals surface area (Å²) in [5, 5.41) is 3.57. The van der Waals surface area contributed by atoms with Crippen molar-refractivity contribution in [3.05, 3.63) is 34.3 Å². The van der Waals surface area contributed by atoms with E-state index in [0.717, 1.165) is 24.2 Å². The van der Waals surface area contributed by atoms with Gasteiger partial charge in [0.1, 0.15) is 0 Å². The molecular weight excluding hydrogens is 290 g/mol. The van der Waals surface area contributed by atoms with Gasteiger partial charge in [-0.1, -0.05) is 41.9 Å². The Labute approximate surface area is 118 Å². The fourth-order valence-electron chi connectivity index (χ4n) is 2.45. The molecule has 1 atom stereocenters. The number of rotatable bonds is 3. The van der Waals surface area contributed by atoms with E-state index in [9.17, 15) is 0 Å². The van der Waals surface area contributed by atoms with Gasteiger partial charge in [0, 0.05) is 23.0 Å². The van der Waals surface area contributed by atoms with E-state index in [-0.39, 0.29) is 6.10 Å². The Balaban J connectivity index is 2.07. The number of halogens is 1. The largest absolute Gasteiger partial charge is 0.372 e. The summed E-state index contributed by atoms with van der Waals surface area (Å²) in [5.74, 6) is 0. The zero-order chi connectivity index (χ0) is 13.0. The van der Waals surface area contributed by atoms with Crippen molar-refractivity contribution < 1.29 is 4.74 Å². The molecule has 0 spiro atoms. The van der Waals surface area contributed by atoms with Gasteiger partial charge in [-0.3, -0.25) is 0 Å². The third-order valence-electron chi connectivity index (χ3n) is 4.16. The molecule has 1 aliphatic heterocycles. The number of nitrogens with one attached hydrogen (secondary N) is 1. The first kappa shape index (κ1) is 14.0. The molecule has 1 saturated heterocycles. The van der Waals surface area contributed by atoms with E-state index in [1.54, 1.807) is 0 Å². The summed E-state index contributed by atoms with van der Waals surface area (Å²) in [6.45, 7) is 7.34. The zero-order valence-electron chi connectivity index (χ0n) is 11.2. The van der Waals surface area contributed by atoms with Crippen LogP contribution in [0.2, 0.25) is 0 Å².